The van der Waals surface area contributed by atoms with Crippen molar-refractivity contribution in [1.82, 2.24) is 4.90 Å². The molecule has 0 rings (SSSR count). The van der Waals surface area contributed by atoms with Crippen molar-refractivity contribution in [2.45, 2.75) is 95.9 Å². The van der Waals surface area contributed by atoms with Gasteiger partial charge in [-0.15, -0.1) is 0 Å². The average Bonchev–Trinajstić information content (AvgIpc) is 2.42. The van der Waals surface area contributed by atoms with Crippen LogP contribution in [0.2, 0.25) is 5.54 Å². The van der Waals surface area contributed by atoms with Crippen LogP contribution in [0.25, 0.3) is 0 Å². The highest BCUT2D eigenvalue weighted by molar-refractivity contribution is 6.11. The van der Waals surface area contributed by atoms with E-state index in [-0.39, 0.29) is 0 Å². The van der Waals surface area contributed by atoms with Crippen LogP contribution in [0.4, 0.5) is 0 Å². The molecule has 2 heteroatoms. The highest BCUT2D eigenvalue weighted by Crippen LogP contribution is 2.17. The summed E-state index contributed by atoms with van der Waals surface area (Å²) in [6.07, 6.45) is 18.5. The first-order chi connectivity index (χ1) is 9.66. The first kappa shape index (κ1) is 20.2. The molecule has 0 aliphatic rings. The maximum absolute atomic E-state index is 3.86. The van der Waals surface area contributed by atoms with Gasteiger partial charge in [0.1, 0.15) is 0 Å². The fourth-order valence-corrected chi connectivity index (χ4v) is 2.95. The summed E-state index contributed by atoms with van der Waals surface area (Å²) in [6.45, 7) is 3.49. The molecule has 0 aromatic heterocycles. The van der Waals surface area contributed by atoms with Gasteiger partial charge in [0, 0.05) is 10.2 Å². The van der Waals surface area contributed by atoms with Gasteiger partial charge in [-0.3, -0.25) is 0 Å². The lowest BCUT2D eigenvalue weighted by Gasteiger charge is -2.14. The smallest absolute Gasteiger partial charge is 0.0266 e. The molecule has 0 spiro atoms. The predicted molar refractivity (Wildman–Crippen MR) is 93.8 cm³/mol. The quantitative estimate of drug-likeness (QED) is 0.281. The standard InChI is InChI=1S/C18H38NSi/c1-4-5-6-7-8-9-10-11-12-13-14-15-18(20)16-17-19(2)3/h18H,4-17H2,1-3H3. The van der Waals surface area contributed by atoms with Crippen molar-refractivity contribution in [3.63, 3.8) is 0 Å². The van der Waals surface area contributed by atoms with Crippen molar-refractivity contribution in [3.05, 3.63) is 0 Å². The van der Waals surface area contributed by atoms with Gasteiger partial charge in [0.25, 0.3) is 0 Å². The van der Waals surface area contributed by atoms with Gasteiger partial charge in [-0.2, -0.15) is 0 Å². The van der Waals surface area contributed by atoms with E-state index < -0.39 is 0 Å². The van der Waals surface area contributed by atoms with Crippen LogP contribution in [0.3, 0.4) is 0 Å². The second kappa shape index (κ2) is 15.6. The van der Waals surface area contributed by atoms with E-state index in [2.05, 4.69) is 36.2 Å². The van der Waals surface area contributed by atoms with E-state index in [1.807, 2.05) is 0 Å². The molecule has 1 unspecified atom stereocenters. The minimum atomic E-state index is 0.718. The highest BCUT2D eigenvalue weighted by atomic mass is 28.1. The van der Waals surface area contributed by atoms with Gasteiger partial charge in [0.15, 0.2) is 0 Å². The Kier molecular flexibility index (Phi) is 15.7. The van der Waals surface area contributed by atoms with E-state index in [1.165, 1.54) is 90.0 Å². The lowest BCUT2D eigenvalue weighted by Crippen LogP contribution is -2.14. The third-order valence-electron chi connectivity index (χ3n) is 4.08. The summed E-state index contributed by atoms with van der Waals surface area (Å²) < 4.78 is 0. The molecule has 0 N–H and O–H groups in total. The first-order valence-corrected chi connectivity index (χ1v) is 9.60. The van der Waals surface area contributed by atoms with E-state index in [4.69, 9.17) is 0 Å². The van der Waals surface area contributed by atoms with Crippen molar-refractivity contribution in [2.24, 2.45) is 0 Å². The molecule has 0 heterocycles. The van der Waals surface area contributed by atoms with Crippen molar-refractivity contribution in [3.8, 4) is 0 Å². The summed E-state index contributed by atoms with van der Waals surface area (Å²) in [6, 6.07) is 0. The minimum Gasteiger partial charge on any atom is -0.309 e. The second-order valence-corrected chi connectivity index (χ2v) is 7.43. The van der Waals surface area contributed by atoms with Crippen LogP contribution in [-0.2, 0) is 0 Å². The topological polar surface area (TPSA) is 3.24 Å². The summed E-state index contributed by atoms with van der Waals surface area (Å²) in [5, 5.41) is 0. The molecule has 0 saturated heterocycles. The van der Waals surface area contributed by atoms with Crippen LogP contribution >= 0.6 is 0 Å². The number of rotatable bonds is 15. The van der Waals surface area contributed by atoms with Gasteiger partial charge < -0.3 is 4.90 Å². The van der Waals surface area contributed by atoms with Gasteiger partial charge in [0.2, 0.25) is 0 Å². The molecule has 0 aromatic carbocycles. The van der Waals surface area contributed by atoms with Gasteiger partial charge in [0.05, 0.1) is 0 Å². The molecule has 20 heavy (non-hydrogen) atoms. The minimum absolute atomic E-state index is 0.718. The first-order valence-electron chi connectivity index (χ1n) is 9.02. The Morgan fingerprint density at radius 2 is 1.15 bits per heavy atom. The van der Waals surface area contributed by atoms with Crippen molar-refractivity contribution >= 4 is 10.2 Å². The molecule has 0 aromatic rings. The van der Waals surface area contributed by atoms with E-state index >= 15 is 0 Å². The Balaban J connectivity index is 3.09. The molecule has 0 saturated carbocycles. The third kappa shape index (κ3) is 16.2. The van der Waals surface area contributed by atoms with Crippen LogP contribution in [-0.4, -0.2) is 35.8 Å². The van der Waals surface area contributed by atoms with Crippen LogP contribution in [0, 0.1) is 0 Å². The lowest BCUT2D eigenvalue weighted by molar-refractivity contribution is 0.389. The number of nitrogens with zero attached hydrogens (tertiary/aromatic N) is 1. The van der Waals surface area contributed by atoms with Gasteiger partial charge in [-0.1, -0.05) is 89.5 Å². The zero-order valence-electron chi connectivity index (χ0n) is 14.4. The lowest BCUT2D eigenvalue weighted by atomic mass is 10.0. The largest absolute Gasteiger partial charge is 0.309 e. The van der Waals surface area contributed by atoms with Gasteiger partial charge >= 0.3 is 0 Å². The number of unbranched alkanes of at least 4 members (excludes halogenated alkanes) is 10. The maximum Gasteiger partial charge on any atom is 0.0266 e. The Morgan fingerprint density at radius 3 is 1.60 bits per heavy atom. The molecule has 0 aliphatic heterocycles. The molecule has 0 amide bonds. The summed E-state index contributed by atoms with van der Waals surface area (Å²) in [4.78, 5) is 2.27. The molecule has 0 bridgehead atoms. The van der Waals surface area contributed by atoms with E-state index in [0.29, 0.717) is 0 Å². The monoisotopic (exact) mass is 296 g/mol. The van der Waals surface area contributed by atoms with Crippen molar-refractivity contribution < 1.29 is 0 Å². The fraction of sp³-hybridized carbons (Fsp3) is 1.00. The Hall–Kier alpha value is 0.177. The zero-order chi connectivity index (χ0) is 15.1. The molecular weight excluding hydrogens is 258 g/mol. The Bertz CT molecular complexity index is 182. The Morgan fingerprint density at radius 1 is 0.700 bits per heavy atom. The molecule has 119 valence electrons. The van der Waals surface area contributed by atoms with E-state index in [1.54, 1.807) is 0 Å². The molecule has 0 aliphatic carbocycles. The van der Waals surface area contributed by atoms with Crippen LogP contribution in [0.15, 0.2) is 0 Å². The van der Waals surface area contributed by atoms with E-state index in [9.17, 15) is 0 Å². The third-order valence-corrected chi connectivity index (χ3v) is 4.66. The summed E-state index contributed by atoms with van der Waals surface area (Å²) in [5.41, 5.74) is 0.718. The molecule has 3 radical (unpaired) electrons. The maximum atomic E-state index is 3.86. The fourth-order valence-electron chi connectivity index (χ4n) is 2.61. The van der Waals surface area contributed by atoms with Crippen LogP contribution < -0.4 is 0 Å². The summed E-state index contributed by atoms with van der Waals surface area (Å²) in [5.74, 6) is 0. The van der Waals surface area contributed by atoms with Crippen LogP contribution in [0.5, 0.6) is 0 Å². The Labute approximate surface area is 132 Å². The summed E-state index contributed by atoms with van der Waals surface area (Å²) >= 11 is 0. The van der Waals surface area contributed by atoms with Crippen LogP contribution in [0.1, 0.15) is 90.4 Å². The SMILES string of the molecule is CCCCCCCCCCCCCC([Si])CCN(C)C. The number of hydrogen-bond donors (Lipinski definition) is 0. The predicted octanol–water partition coefficient (Wildman–Crippen LogP) is 5.60. The normalized spacial score (nSPS) is 13.1. The van der Waals surface area contributed by atoms with E-state index in [0.717, 1.165) is 5.54 Å². The molecule has 1 atom stereocenters. The van der Waals surface area contributed by atoms with Crippen molar-refractivity contribution in [2.75, 3.05) is 20.6 Å². The molecule has 0 fully saturated rings. The van der Waals surface area contributed by atoms with Gasteiger partial charge in [-0.25, -0.2) is 0 Å². The van der Waals surface area contributed by atoms with Gasteiger partial charge in [-0.05, 0) is 27.1 Å². The highest BCUT2D eigenvalue weighted by Gasteiger charge is 2.02. The molecule has 1 nitrogen and oxygen atoms in total. The second-order valence-electron chi connectivity index (χ2n) is 6.61. The zero-order valence-corrected chi connectivity index (χ0v) is 15.4. The average molecular weight is 297 g/mol. The number of hydrogen-bond acceptors (Lipinski definition) is 1. The van der Waals surface area contributed by atoms with Crippen molar-refractivity contribution in [1.29, 1.82) is 0 Å². The molecular formula is C18H38NSi. The summed E-state index contributed by atoms with van der Waals surface area (Å²) in [7, 11) is 8.16.